The van der Waals surface area contributed by atoms with Gasteiger partial charge in [-0.2, -0.15) is 0 Å². The molecule has 0 unspecified atom stereocenters. The van der Waals surface area contributed by atoms with E-state index in [1.165, 1.54) is 0 Å². The number of hydrogen-bond donors (Lipinski definition) is 0. The summed E-state index contributed by atoms with van der Waals surface area (Å²) in [6, 6.07) is 11.1. The van der Waals surface area contributed by atoms with Gasteiger partial charge in [0.2, 0.25) is 0 Å². The Hall–Kier alpha value is -2.75. The van der Waals surface area contributed by atoms with Gasteiger partial charge in [0.05, 0.1) is 19.8 Å². The van der Waals surface area contributed by atoms with E-state index >= 15 is 0 Å². The van der Waals surface area contributed by atoms with Crippen molar-refractivity contribution in [2.75, 3.05) is 19.8 Å². The Bertz CT molecular complexity index is 806. The smallest absolute Gasteiger partial charge is 0.185 e. The maximum atomic E-state index is 12.5. The van der Waals surface area contributed by atoms with Crippen LogP contribution in [0, 0.1) is 6.92 Å². The molecule has 2 aromatic rings. The molecule has 0 aliphatic rings. The van der Waals surface area contributed by atoms with Gasteiger partial charge in [0.1, 0.15) is 5.75 Å². The lowest BCUT2D eigenvalue weighted by atomic mass is 10.0. The minimum atomic E-state index is -0.0474. The summed E-state index contributed by atoms with van der Waals surface area (Å²) < 4.78 is 17.3. The predicted octanol–water partition coefficient (Wildman–Crippen LogP) is 6.26. The van der Waals surface area contributed by atoms with Gasteiger partial charge in [-0.15, -0.1) is 0 Å². The van der Waals surface area contributed by atoms with Gasteiger partial charge in [0, 0.05) is 11.1 Å². The first-order chi connectivity index (χ1) is 14.1. The van der Waals surface area contributed by atoms with E-state index in [1.807, 2.05) is 37.3 Å². The molecular formula is C25H32O4. The monoisotopic (exact) mass is 396 g/mol. The van der Waals surface area contributed by atoms with Crippen molar-refractivity contribution < 1.29 is 19.0 Å². The van der Waals surface area contributed by atoms with Crippen molar-refractivity contribution in [2.24, 2.45) is 0 Å². The summed E-state index contributed by atoms with van der Waals surface area (Å²) >= 11 is 0. The van der Waals surface area contributed by atoms with E-state index in [0.29, 0.717) is 25.4 Å². The summed E-state index contributed by atoms with van der Waals surface area (Å²) in [5, 5.41) is 0. The van der Waals surface area contributed by atoms with Crippen LogP contribution in [0.25, 0.3) is 6.08 Å². The Balaban J connectivity index is 2.16. The number of carbonyl (C=O) groups excluding carboxylic acids is 1. The van der Waals surface area contributed by atoms with Crippen LogP contribution in [0.5, 0.6) is 17.2 Å². The molecule has 0 amide bonds. The Labute approximate surface area is 174 Å². The molecule has 0 aromatic heterocycles. The number of carbonyl (C=O) groups is 1. The maximum absolute atomic E-state index is 12.5. The zero-order valence-corrected chi connectivity index (χ0v) is 18.0. The summed E-state index contributed by atoms with van der Waals surface area (Å²) in [4.78, 5) is 12.5. The normalized spacial score (nSPS) is 10.9. The lowest BCUT2D eigenvalue weighted by Crippen LogP contribution is -2.03. The molecule has 0 saturated carbocycles. The average molecular weight is 397 g/mol. The van der Waals surface area contributed by atoms with E-state index in [1.54, 1.807) is 18.2 Å². The lowest BCUT2D eigenvalue weighted by molar-refractivity contribution is 0.104. The third-order valence-electron chi connectivity index (χ3n) is 4.35. The van der Waals surface area contributed by atoms with Gasteiger partial charge in [-0.1, -0.05) is 32.9 Å². The summed E-state index contributed by atoms with van der Waals surface area (Å²) in [6.45, 7) is 10.1. The van der Waals surface area contributed by atoms with Crippen LogP contribution in [0.15, 0.2) is 42.5 Å². The number of ether oxygens (including phenoxy) is 3. The highest BCUT2D eigenvalue weighted by Crippen LogP contribution is 2.34. The second-order valence-corrected chi connectivity index (χ2v) is 6.87. The largest absolute Gasteiger partial charge is 0.494 e. The zero-order chi connectivity index (χ0) is 21.1. The highest BCUT2D eigenvalue weighted by atomic mass is 16.5. The molecule has 156 valence electrons. The molecule has 0 atom stereocenters. The van der Waals surface area contributed by atoms with E-state index in [9.17, 15) is 4.79 Å². The number of benzene rings is 2. The van der Waals surface area contributed by atoms with E-state index in [4.69, 9.17) is 14.2 Å². The zero-order valence-electron chi connectivity index (χ0n) is 18.0. The fourth-order valence-electron chi connectivity index (χ4n) is 2.77. The van der Waals surface area contributed by atoms with Crippen LogP contribution < -0.4 is 14.2 Å². The van der Waals surface area contributed by atoms with Crippen LogP contribution in [-0.2, 0) is 0 Å². The van der Waals surface area contributed by atoms with Crippen molar-refractivity contribution >= 4 is 11.9 Å². The van der Waals surface area contributed by atoms with Crippen LogP contribution in [0.3, 0.4) is 0 Å². The van der Waals surface area contributed by atoms with Crippen LogP contribution in [0.2, 0.25) is 0 Å². The number of ketones is 1. The van der Waals surface area contributed by atoms with Gasteiger partial charge < -0.3 is 14.2 Å². The third-order valence-corrected chi connectivity index (χ3v) is 4.35. The Morgan fingerprint density at radius 2 is 1.45 bits per heavy atom. The van der Waals surface area contributed by atoms with Gasteiger partial charge in [0.25, 0.3) is 0 Å². The Morgan fingerprint density at radius 1 is 0.828 bits per heavy atom. The molecule has 0 radical (unpaired) electrons. The van der Waals surface area contributed by atoms with Crippen molar-refractivity contribution in [3.05, 3.63) is 59.2 Å². The highest BCUT2D eigenvalue weighted by Gasteiger charge is 2.12. The molecule has 2 rings (SSSR count). The molecule has 4 heteroatoms. The molecule has 29 heavy (non-hydrogen) atoms. The van der Waals surface area contributed by atoms with Crippen LogP contribution in [0.4, 0.5) is 0 Å². The van der Waals surface area contributed by atoms with Crippen molar-refractivity contribution in [2.45, 2.75) is 47.0 Å². The third kappa shape index (κ3) is 6.67. The number of hydrogen-bond acceptors (Lipinski definition) is 4. The van der Waals surface area contributed by atoms with Gasteiger partial charge in [-0.05, 0) is 68.2 Å². The standard InChI is InChI=1S/C25H32O4/c1-5-16-27-22-12-8-21(9-13-22)23(26)14-10-20-11-15-24(28-17-6-2)25(19(20)4)29-18-7-3/h8-15H,5-7,16-18H2,1-4H3/b14-10+. The van der Waals surface area contributed by atoms with Crippen LogP contribution >= 0.6 is 0 Å². The van der Waals surface area contributed by atoms with E-state index in [2.05, 4.69) is 20.8 Å². The Kier molecular flexibility index (Phi) is 9.29. The molecule has 0 aliphatic heterocycles. The fourth-order valence-corrected chi connectivity index (χ4v) is 2.77. The molecule has 0 aliphatic carbocycles. The molecule has 0 bridgehead atoms. The maximum Gasteiger partial charge on any atom is 0.185 e. The molecule has 0 N–H and O–H groups in total. The van der Waals surface area contributed by atoms with Crippen LogP contribution in [-0.4, -0.2) is 25.6 Å². The Morgan fingerprint density at radius 3 is 2.10 bits per heavy atom. The summed E-state index contributed by atoms with van der Waals surface area (Å²) in [5.74, 6) is 2.24. The summed E-state index contributed by atoms with van der Waals surface area (Å²) in [7, 11) is 0. The molecule has 0 fully saturated rings. The van der Waals surface area contributed by atoms with Crippen molar-refractivity contribution in [3.8, 4) is 17.2 Å². The molecular weight excluding hydrogens is 364 g/mol. The van der Waals surface area contributed by atoms with E-state index < -0.39 is 0 Å². The minimum Gasteiger partial charge on any atom is -0.494 e. The molecule has 0 heterocycles. The van der Waals surface area contributed by atoms with Gasteiger partial charge in [-0.3, -0.25) is 4.79 Å². The first-order valence-electron chi connectivity index (χ1n) is 10.4. The van der Waals surface area contributed by atoms with Gasteiger partial charge in [0.15, 0.2) is 17.3 Å². The number of allylic oxidation sites excluding steroid dienone is 1. The second-order valence-electron chi connectivity index (χ2n) is 6.87. The predicted molar refractivity (Wildman–Crippen MR) is 118 cm³/mol. The van der Waals surface area contributed by atoms with Crippen molar-refractivity contribution in [3.63, 3.8) is 0 Å². The van der Waals surface area contributed by atoms with E-state index in [0.717, 1.165) is 47.6 Å². The fraction of sp³-hybridized carbons (Fsp3) is 0.400. The molecule has 2 aromatic carbocycles. The SMILES string of the molecule is CCCOc1ccc(C(=O)/C=C/c2ccc(OCCC)c(OCCC)c2C)cc1. The molecule has 4 nitrogen and oxygen atoms in total. The first kappa shape index (κ1) is 22.5. The highest BCUT2D eigenvalue weighted by molar-refractivity contribution is 6.07. The topological polar surface area (TPSA) is 44.8 Å². The summed E-state index contributed by atoms with van der Waals surface area (Å²) in [5.41, 5.74) is 2.55. The van der Waals surface area contributed by atoms with E-state index in [-0.39, 0.29) is 5.78 Å². The van der Waals surface area contributed by atoms with Crippen LogP contribution in [0.1, 0.15) is 61.5 Å². The first-order valence-corrected chi connectivity index (χ1v) is 10.4. The number of rotatable bonds is 12. The minimum absolute atomic E-state index is 0.0474. The lowest BCUT2D eigenvalue weighted by Gasteiger charge is -2.16. The van der Waals surface area contributed by atoms with Gasteiger partial charge >= 0.3 is 0 Å². The average Bonchev–Trinajstić information content (AvgIpc) is 2.75. The van der Waals surface area contributed by atoms with Crippen molar-refractivity contribution in [1.82, 2.24) is 0 Å². The van der Waals surface area contributed by atoms with Crippen molar-refractivity contribution in [1.29, 1.82) is 0 Å². The second kappa shape index (κ2) is 11.9. The van der Waals surface area contributed by atoms with Gasteiger partial charge in [-0.25, -0.2) is 0 Å². The summed E-state index contributed by atoms with van der Waals surface area (Å²) in [6.07, 6.45) is 6.24. The molecule has 0 spiro atoms. The quantitative estimate of drug-likeness (QED) is 0.314. The molecule has 0 saturated heterocycles.